The molecule has 1 heterocycles. The van der Waals surface area contributed by atoms with Gasteiger partial charge in [-0.05, 0) is 36.5 Å². The Bertz CT molecular complexity index is 603. The van der Waals surface area contributed by atoms with Crippen molar-refractivity contribution >= 4 is 29.8 Å². The maximum atomic E-state index is 10.6. The van der Waals surface area contributed by atoms with Gasteiger partial charge < -0.3 is 9.90 Å². The van der Waals surface area contributed by atoms with E-state index in [2.05, 4.69) is 10.2 Å². The first-order chi connectivity index (χ1) is 8.08. The molecule has 0 saturated heterocycles. The Morgan fingerprint density at radius 2 is 2.12 bits per heavy atom. The number of H-pyrrole nitrogens is 1. The van der Waals surface area contributed by atoms with Crippen molar-refractivity contribution in [3.05, 3.63) is 34.1 Å². The summed E-state index contributed by atoms with van der Waals surface area (Å²) in [6.07, 6.45) is 0. The number of halogens is 1. The molecule has 17 heavy (non-hydrogen) atoms. The van der Waals surface area contributed by atoms with Crippen molar-refractivity contribution in [2.45, 2.75) is 6.54 Å². The summed E-state index contributed by atoms with van der Waals surface area (Å²) in [5, 5.41) is 17.7. The van der Waals surface area contributed by atoms with Crippen LogP contribution in [0.15, 0.2) is 24.3 Å². The number of hydrogen-bond donors (Lipinski definition) is 1. The number of aromatic nitrogens is 3. The van der Waals surface area contributed by atoms with Gasteiger partial charge >= 0.3 is 0 Å². The zero-order valence-electron chi connectivity index (χ0n) is 8.51. The van der Waals surface area contributed by atoms with Crippen molar-refractivity contribution < 1.29 is 9.90 Å². The maximum Gasteiger partial charge on any atom is 0.195 e. The lowest BCUT2D eigenvalue weighted by Crippen LogP contribution is -2.27. The fourth-order valence-corrected chi connectivity index (χ4v) is 1.74. The molecule has 0 aliphatic carbocycles. The first-order valence-electron chi connectivity index (χ1n) is 4.69. The number of carbonyl (C=O) groups is 1. The smallest absolute Gasteiger partial charge is 0.195 e. The van der Waals surface area contributed by atoms with E-state index in [1.807, 2.05) is 0 Å². The van der Waals surface area contributed by atoms with Crippen LogP contribution in [0.3, 0.4) is 0 Å². The van der Waals surface area contributed by atoms with Gasteiger partial charge in [-0.1, -0.05) is 11.6 Å². The molecule has 0 aliphatic rings. The van der Waals surface area contributed by atoms with Gasteiger partial charge in [0.05, 0.1) is 12.5 Å². The summed E-state index contributed by atoms with van der Waals surface area (Å²) in [7, 11) is 0. The third kappa shape index (κ3) is 2.54. The molecule has 0 amide bonds. The van der Waals surface area contributed by atoms with Gasteiger partial charge in [-0.2, -0.15) is 5.10 Å². The molecule has 2 aromatic rings. The molecule has 0 spiro atoms. The second-order valence-electron chi connectivity index (χ2n) is 3.32. The van der Waals surface area contributed by atoms with Crippen LogP contribution in [-0.2, 0) is 11.3 Å². The summed E-state index contributed by atoms with van der Waals surface area (Å²) >= 11 is 10.7. The van der Waals surface area contributed by atoms with Crippen LogP contribution in [0.1, 0.15) is 0 Å². The summed E-state index contributed by atoms with van der Waals surface area (Å²) in [6.45, 7) is -0.340. The van der Waals surface area contributed by atoms with E-state index in [4.69, 9.17) is 23.8 Å². The van der Waals surface area contributed by atoms with Crippen LogP contribution in [0.5, 0.6) is 0 Å². The van der Waals surface area contributed by atoms with Gasteiger partial charge in [-0.15, -0.1) is 0 Å². The lowest BCUT2D eigenvalue weighted by atomic mass is 10.2. The fourth-order valence-electron chi connectivity index (χ4n) is 1.41. The average molecular weight is 269 g/mol. The van der Waals surface area contributed by atoms with Crippen LogP contribution < -0.4 is 5.11 Å². The standard InChI is InChI=1S/C10H8ClN3O2S/c11-7-3-1-6(2-4-7)9-12-13-10(17)14(9)5-8(15)16/h1-4H,5H2,(H,13,17)(H,15,16)/p-1. The zero-order valence-corrected chi connectivity index (χ0v) is 10.1. The average Bonchev–Trinajstić information content (AvgIpc) is 2.61. The van der Waals surface area contributed by atoms with Crippen LogP contribution in [0.4, 0.5) is 0 Å². The molecular formula is C10H7ClN3O2S-. The van der Waals surface area contributed by atoms with E-state index < -0.39 is 5.97 Å². The highest BCUT2D eigenvalue weighted by atomic mass is 35.5. The van der Waals surface area contributed by atoms with E-state index >= 15 is 0 Å². The number of hydrogen-bond acceptors (Lipinski definition) is 4. The Hall–Kier alpha value is -1.66. The third-order valence-corrected chi connectivity index (χ3v) is 2.71. The predicted molar refractivity (Wildman–Crippen MR) is 62.9 cm³/mol. The van der Waals surface area contributed by atoms with Crippen molar-refractivity contribution in [2.24, 2.45) is 0 Å². The topological polar surface area (TPSA) is 73.7 Å². The van der Waals surface area contributed by atoms with Crippen molar-refractivity contribution in [1.29, 1.82) is 0 Å². The van der Waals surface area contributed by atoms with Gasteiger partial charge in [0.15, 0.2) is 10.6 Å². The number of benzene rings is 1. The fraction of sp³-hybridized carbons (Fsp3) is 0.100. The van der Waals surface area contributed by atoms with Gasteiger partial charge in [-0.25, -0.2) is 0 Å². The normalized spacial score (nSPS) is 10.4. The lowest BCUT2D eigenvalue weighted by molar-refractivity contribution is -0.306. The molecule has 2 rings (SSSR count). The van der Waals surface area contributed by atoms with E-state index in [-0.39, 0.29) is 11.3 Å². The van der Waals surface area contributed by atoms with Gasteiger partial charge in [0.2, 0.25) is 0 Å². The van der Waals surface area contributed by atoms with E-state index in [9.17, 15) is 9.90 Å². The molecule has 0 aliphatic heterocycles. The summed E-state index contributed by atoms with van der Waals surface area (Å²) in [5.74, 6) is -0.784. The molecule has 1 aromatic heterocycles. The third-order valence-electron chi connectivity index (χ3n) is 2.15. The summed E-state index contributed by atoms with van der Waals surface area (Å²) < 4.78 is 1.59. The van der Waals surface area contributed by atoms with E-state index in [0.29, 0.717) is 10.8 Å². The Labute approximate surface area is 107 Å². The number of nitrogens with zero attached hydrogens (tertiary/aromatic N) is 2. The van der Waals surface area contributed by atoms with Crippen molar-refractivity contribution in [3.63, 3.8) is 0 Å². The first-order valence-corrected chi connectivity index (χ1v) is 5.47. The number of carbonyl (C=O) groups excluding carboxylic acids is 1. The van der Waals surface area contributed by atoms with Crippen LogP contribution in [0.2, 0.25) is 5.02 Å². The van der Waals surface area contributed by atoms with Gasteiger partial charge in [-0.3, -0.25) is 9.67 Å². The lowest BCUT2D eigenvalue weighted by Gasteiger charge is -2.07. The number of rotatable bonds is 3. The van der Waals surface area contributed by atoms with Crippen molar-refractivity contribution in [3.8, 4) is 11.4 Å². The van der Waals surface area contributed by atoms with Crippen molar-refractivity contribution in [2.75, 3.05) is 0 Å². The number of carboxylic acids is 1. The van der Waals surface area contributed by atoms with E-state index in [0.717, 1.165) is 5.56 Å². The van der Waals surface area contributed by atoms with Crippen molar-refractivity contribution in [1.82, 2.24) is 14.8 Å². The van der Waals surface area contributed by atoms with Gasteiger partial charge in [0.25, 0.3) is 0 Å². The molecular weight excluding hydrogens is 262 g/mol. The largest absolute Gasteiger partial charge is 0.548 e. The quantitative estimate of drug-likeness (QED) is 0.843. The Balaban J connectivity index is 2.48. The minimum absolute atomic E-state index is 0.235. The predicted octanol–water partition coefficient (Wildman–Crippen LogP) is 1.01. The SMILES string of the molecule is O=C([O-])Cn1c(-c2ccc(Cl)cc2)n[nH]c1=S. The number of aliphatic carboxylic acids is 1. The highest BCUT2D eigenvalue weighted by Gasteiger charge is 2.08. The molecule has 1 N–H and O–H groups in total. The van der Waals surface area contributed by atoms with E-state index in [1.165, 1.54) is 4.57 Å². The molecule has 88 valence electrons. The van der Waals surface area contributed by atoms with E-state index in [1.54, 1.807) is 24.3 Å². The van der Waals surface area contributed by atoms with Gasteiger partial charge in [0, 0.05) is 10.6 Å². The highest BCUT2D eigenvalue weighted by Crippen LogP contribution is 2.19. The Morgan fingerprint density at radius 1 is 1.47 bits per heavy atom. The first kappa shape index (κ1) is 11.8. The van der Waals surface area contributed by atoms with Crippen LogP contribution >= 0.6 is 23.8 Å². The van der Waals surface area contributed by atoms with Crippen LogP contribution in [0, 0.1) is 4.77 Å². The Kier molecular flexibility index (Phi) is 3.26. The zero-order chi connectivity index (χ0) is 12.4. The molecule has 0 atom stereocenters. The molecule has 0 radical (unpaired) electrons. The second-order valence-corrected chi connectivity index (χ2v) is 4.14. The molecule has 0 fully saturated rings. The highest BCUT2D eigenvalue weighted by molar-refractivity contribution is 7.71. The molecule has 0 unspecified atom stereocenters. The minimum atomic E-state index is -1.22. The minimum Gasteiger partial charge on any atom is -0.548 e. The summed E-state index contributed by atoms with van der Waals surface area (Å²) in [6, 6.07) is 6.86. The summed E-state index contributed by atoms with van der Waals surface area (Å²) in [4.78, 5) is 10.6. The molecule has 1 aromatic carbocycles. The van der Waals surface area contributed by atoms with Crippen LogP contribution in [-0.4, -0.2) is 20.7 Å². The Morgan fingerprint density at radius 3 is 2.71 bits per heavy atom. The summed E-state index contributed by atoms with van der Waals surface area (Å²) in [5.41, 5.74) is 0.725. The number of nitrogens with one attached hydrogen (secondary N) is 1. The van der Waals surface area contributed by atoms with Crippen LogP contribution in [0.25, 0.3) is 11.4 Å². The molecule has 7 heteroatoms. The maximum absolute atomic E-state index is 10.6. The second kappa shape index (κ2) is 4.68. The monoisotopic (exact) mass is 268 g/mol. The number of carboxylic acid groups (broad SMARTS) is 1. The molecule has 5 nitrogen and oxygen atoms in total. The molecule has 0 bridgehead atoms. The number of aromatic amines is 1. The molecule has 0 saturated carbocycles. The van der Waals surface area contributed by atoms with Gasteiger partial charge in [0.1, 0.15) is 0 Å².